The number of piperidine rings is 1. The lowest BCUT2D eigenvalue weighted by atomic mass is 9.95. The lowest BCUT2D eigenvalue weighted by Crippen LogP contribution is -2.45. The number of amides is 1. The van der Waals surface area contributed by atoms with E-state index in [1.807, 2.05) is 0 Å². The summed E-state index contributed by atoms with van der Waals surface area (Å²) in [5, 5.41) is 4.02. The summed E-state index contributed by atoms with van der Waals surface area (Å²) in [4.78, 5) is 20.9. The maximum absolute atomic E-state index is 14.0. The van der Waals surface area contributed by atoms with Gasteiger partial charge < -0.3 is 9.42 Å². The van der Waals surface area contributed by atoms with Crippen molar-refractivity contribution in [2.75, 3.05) is 24.5 Å². The second-order valence-electron chi connectivity index (χ2n) is 6.73. The Labute approximate surface area is 145 Å². The fourth-order valence-corrected chi connectivity index (χ4v) is 3.86. The van der Waals surface area contributed by atoms with Crippen LogP contribution >= 0.6 is 0 Å². The van der Waals surface area contributed by atoms with Gasteiger partial charge in [-0.25, -0.2) is 4.39 Å². The molecular weight excluding hydrogens is 323 g/mol. The number of benzene rings is 1. The summed E-state index contributed by atoms with van der Waals surface area (Å²) in [5.41, 5.74) is 0.382. The number of rotatable bonds is 3. The molecule has 1 aromatic carbocycles. The van der Waals surface area contributed by atoms with Gasteiger partial charge in [0.05, 0.1) is 11.7 Å². The van der Waals surface area contributed by atoms with Crippen molar-refractivity contribution in [1.82, 2.24) is 15.0 Å². The number of likely N-dealkylation sites (tertiary alicyclic amines) is 1. The Hall–Kier alpha value is -2.28. The fourth-order valence-electron chi connectivity index (χ4n) is 3.86. The molecule has 2 aliphatic rings. The van der Waals surface area contributed by atoms with Crippen LogP contribution in [0, 0.1) is 12.7 Å². The third-order valence-corrected chi connectivity index (χ3v) is 5.20. The highest BCUT2D eigenvalue weighted by Crippen LogP contribution is 2.31. The predicted octanol–water partition coefficient (Wildman–Crippen LogP) is 2.50. The Bertz CT molecular complexity index is 770. The lowest BCUT2D eigenvalue weighted by Gasteiger charge is -2.34. The van der Waals surface area contributed by atoms with Crippen molar-refractivity contribution in [2.45, 2.75) is 38.1 Å². The van der Waals surface area contributed by atoms with Gasteiger partial charge in [-0.05, 0) is 44.5 Å². The molecule has 0 unspecified atom stereocenters. The zero-order chi connectivity index (χ0) is 17.4. The molecule has 7 heteroatoms. The summed E-state index contributed by atoms with van der Waals surface area (Å²) < 4.78 is 19.1. The Balaban J connectivity index is 1.41. The van der Waals surface area contributed by atoms with E-state index in [-0.39, 0.29) is 23.7 Å². The van der Waals surface area contributed by atoms with Crippen molar-refractivity contribution in [3.8, 4) is 0 Å². The first-order valence-corrected chi connectivity index (χ1v) is 8.73. The average Bonchev–Trinajstić information content (AvgIpc) is 3.22. The van der Waals surface area contributed by atoms with Crippen LogP contribution < -0.4 is 4.90 Å². The molecule has 0 N–H and O–H groups in total. The van der Waals surface area contributed by atoms with Crippen LogP contribution in [-0.4, -0.2) is 46.6 Å². The van der Waals surface area contributed by atoms with Crippen LogP contribution in [0.1, 0.15) is 36.9 Å². The van der Waals surface area contributed by atoms with E-state index in [4.69, 9.17) is 4.52 Å². The quantitative estimate of drug-likeness (QED) is 0.856. The minimum Gasteiger partial charge on any atom is -0.340 e. The Morgan fingerprint density at radius 2 is 1.92 bits per heavy atom. The van der Waals surface area contributed by atoms with Crippen LogP contribution in [0.25, 0.3) is 0 Å². The third kappa shape index (κ3) is 3.04. The van der Waals surface area contributed by atoms with Crippen LogP contribution in [0.2, 0.25) is 0 Å². The normalized spacial score (nSPS) is 22.7. The van der Waals surface area contributed by atoms with Gasteiger partial charge in [0.25, 0.3) is 0 Å². The van der Waals surface area contributed by atoms with Crippen molar-refractivity contribution in [3.63, 3.8) is 0 Å². The number of anilines is 1. The predicted molar refractivity (Wildman–Crippen MR) is 89.7 cm³/mol. The molecule has 4 rings (SSSR count). The monoisotopic (exact) mass is 344 g/mol. The van der Waals surface area contributed by atoms with Gasteiger partial charge in [-0.2, -0.15) is 4.98 Å². The van der Waals surface area contributed by atoms with E-state index in [1.165, 1.54) is 6.07 Å². The van der Waals surface area contributed by atoms with Crippen molar-refractivity contribution in [2.24, 2.45) is 0 Å². The van der Waals surface area contributed by atoms with Crippen LogP contribution in [0.3, 0.4) is 0 Å². The largest absolute Gasteiger partial charge is 0.340 e. The minimum atomic E-state index is -0.345. The molecule has 6 nitrogen and oxygen atoms in total. The number of aryl methyl sites for hydroxylation is 1. The molecule has 1 atom stereocenters. The molecule has 2 saturated heterocycles. The molecule has 0 spiro atoms. The summed E-state index contributed by atoms with van der Waals surface area (Å²) in [6, 6.07) is 6.31. The summed E-state index contributed by atoms with van der Waals surface area (Å²) in [6.07, 6.45) is 2.55. The van der Waals surface area contributed by atoms with E-state index < -0.39 is 0 Å². The van der Waals surface area contributed by atoms with Gasteiger partial charge in [0.2, 0.25) is 11.8 Å². The van der Waals surface area contributed by atoms with E-state index in [2.05, 4.69) is 15.0 Å². The standard InChI is InChI=1S/C18H21FN4O2/c1-12-20-17(21-25-12)13-6-9-22(10-7-13)16-8-11-23(18(16)24)15-5-3-2-4-14(15)19/h2-5,13,16H,6-11H2,1H3/t16-/m0/s1. The van der Waals surface area contributed by atoms with Crippen molar-refractivity contribution < 1.29 is 13.7 Å². The second-order valence-corrected chi connectivity index (χ2v) is 6.73. The van der Waals surface area contributed by atoms with Crippen LogP contribution in [-0.2, 0) is 4.79 Å². The fraction of sp³-hybridized carbons (Fsp3) is 0.500. The molecule has 2 fully saturated rings. The Morgan fingerprint density at radius 3 is 2.60 bits per heavy atom. The number of aromatic nitrogens is 2. The van der Waals surface area contributed by atoms with Gasteiger partial charge in [0, 0.05) is 19.4 Å². The number of hydrogen-bond donors (Lipinski definition) is 0. The zero-order valence-corrected chi connectivity index (χ0v) is 14.2. The van der Waals surface area contributed by atoms with E-state index >= 15 is 0 Å². The molecular formula is C18H21FN4O2. The number of halogens is 1. The molecule has 3 heterocycles. The molecule has 0 radical (unpaired) electrons. The SMILES string of the molecule is Cc1nc(C2CCN([C@H]3CCN(c4ccccc4F)C3=O)CC2)no1. The topological polar surface area (TPSA) is 62.5 Å². The van der Waals surface area contributed by atoms with E-state index in [0.29, 0.717) is 18.1 Å². The first kappa shape index (κ1) is 16.2. The van der Waals surface area contributed by atoms with Crippen LogP contribution in [0.4, 0.5) is 10.1 Å². The number of carbonyl (C=O) groups excluding carboxylic acids is 1. The van der Waals surface area contributed by atoms with E-state index in [9.17, 15) is 9.18 Å². The highest BCUT2D eigenvalue weighted by Gasteiger charge is 2.39. The molecule has 132 valence electrons. The molecule has 1 amide bonds. The Morgan fingerprint density at radius 1 is 1.16 bits per heavy atom. The van der Waals surface area contributed by atoms with Gasteiger partial charge >= 0.3 is 0 Å². The van der Waals surface area contributed by atoms with Crippen LogP contribution in [0.15, 0.2) is 28.8 Å². The number of para-hydroxylation sites is 1. The molecule has 2 aliphatic heterocycles. The average molecular weight is 344 g/mol. The lowest BCUT2D eigenvalue weighted by molar-refractivity contribution is -0.122. The van der Waals surface area contributed by atoms with Crippen molar-refractivity contribution >= 4 is 11.6 Å². The highest BCUT2D eigenvalue weighted by atomic mass is 19.1. The van der Waals surface area contributed by atoms with E-state index in [0.717, 1.165) is 38.2 Å². The Kier molecular flexibility index (Phi) is 4.25. The van der Waals surface area contributed by atoms with Crippen molar-refractivity contribution in [1.29, 1.82) is 0 Å². The molecule has 25 heavy (non-hydrogen) atoms. The third-order valence-electron chi connectivity index (χ3n) is 5.20. The van der Waals surface area contributed by atoms with Crippen molar-refractivity contribution in [3.05, 3.63) is 41.8 Å². The summed E-state index contributed by atoms with van der Waals surface area (Å²) in [7, 11) is 0. The molecule has 0 saturated carbocycles. The maximum Gasteiger partial charge on any atom is 0.244 e. The first-order chi connectivity index (χ1) is 12.1. The number of carbonyl (C=O) groups is 1. The van der Waals surface area contributed by atoms with Gasteiger partial charge in [0.15, 0.2) is 5.82 Å². The van der Waals surface area contributed by atoms with Gasteiger partial charge in [0.1, 0.15) is 5.82 Å². The van der Waals surface area contributed by atoms with Gasteiger partial charge in [-0.15, -0.1) is 0 Å². The maximum atomic E-state index is 14.0. The molecule has 2 aromatic rings. The smallest absolute Gasteiger partial charge is 0.244 e. The molecule has 1 aromatic heterocycles. The summed E-state index contributed by atoms with van der Waals surface area (Å²) in [6.45, 7) is 3.99. The number of hydrogen-bond acceptors (Lipinski definition) is 5. The minimum absolute atomic E-state index is 0.000967. The van der Waals surface area contributed by atoms with Crippen LogP contribution in [0.5, 0.6) is 0 Å². The van der Waals surface area contributed by atoms with Gasteiger partial charge in [-0.1, -0.05) is 17.3 Å². The first-order valence-electron chi connectivity index (χ1n) is 8.73. The van der Waals surface area contributed by atoms with E-state index in [1.54, 1.807) is 30.0 Å². The summed E-state index contributed by atoms with van der Waals surface area (Å²) in [5.74, 6) is 1.29. The second kappa shape index (κ2) is 6.55. The summed E-state index contributed by atoms with van der Waals surface area (Å²) >= 11 is 0. The number of nitrogens with zero attached hydrogens (tertiary/aromatic N) is 4. The molecule has 0 aliphatic carbocycles. The molecule has 0 bridgehead atoms. The highest BCUT2D eigenvalue weighted by molar-refractivity contribution is 5.99. The zero-order valence-electron chi connectivity index (χ0n) is 14.2. The van der Waals surface area contributed by atoms with Gasteiger partial charge in [-0.3, -0.25) is 9.69 Å².